The smallest absolute Gasteiger partial charge is 0.0717 e. The molecule has 0 aliphatic rings. The first-order valence-corrected chi connectivity index (χ1v) is 7.10. The maximum atomic E-state index is 5.62. The molecule has 0 radical (unpaired) electrons. The molecule has 4 heteroatoms. The zero-order valence-corrected chi connectivity index (χ0v) is 13.3. The Morgan fingerprint density at radius 2 is 1.05 bits per heavy atom. The third kappa shape index (κ3) is 8.27. The zero-order chi connectivity index (χ0) is 14.8. The molecule has 0 heterocycles. The first-order chi connectivity index (χ1) is 9.58. The summed E-state index contributed by atoms with van der Waals surface area (Å²) in [5, 5.41) is 0. The molecule has 114 valence electrons. The number of ether oxygens (including phenoxy) is 2. The Morgan fingerprint density at radius 3 is 1.35 bits per heavy atom. The zero-order valence-electron chi connectivity index (χ0n) is 13.3. The first-order valence-electron chi connectivity index (χ1n) is 7.10. The number of benzene rings is 1. The van der Waals surface area contributed by atoms with Crippen LogP contribution in [0.25, 0.3) is 0 Å². The fourth-order valence-corrected chi connectivity index (χ4v) is 1.61. The van der Waals surface area contributed by atoms with Crippen LogP contribution in [0.3, 0.4) is 0 Å². The number of hydrogen-bond acceptors (Lipinski definition) is 4. The predicted octanol–water partition coefficient (Wildman–Crippen LogP) is 1.84. The highest BCUT2D eigenvalue weighted by atomic mass is 16.5. The Bertz CT molecular complexity index is 315. The lowest BCUT2D eigenvalue weighted by molar-refractivity contribution is 0.103. The highest BCUT2D eigenvalue weighted by Crippen LogP contribution is 2.07. The Morgan fingerprint density at radius 1 is 0.700 bits per heavy atom. The second-order valence-corrected chi connectivity index (χ2v) is 5.53. The van der Waals surface area contributed by atoms with Crippen molar-refractivity contribution in [3.8, 4) is 0 Å². The molecule has 0 aliphatic heterocycles. The molecule has 0 unspecified atom stereocenters. The molecule has 1 aromatic rings. The molecule has 0 atom stereocenters. The van der Waals surface area contributed by atoms with Gasteiger partial charge in [-0.2, -0.15) is 0 Å². The van der Waals surface area contributed by atoms with Crippen LogP contribution >= 0.6 is 0 Å². The molecule has 0 bridgehead atoms. The van der Waals surface area contributed by atoms with E-state index in [9.17, 15) is 0 Å². The van der Waals surface area contributed by atoms with Crippen LogP contribution in [0.15, 0.2) is 24.3 Å². The predicted molar refractivity (Wildman–Crippen MR) is 82.9 cm³/mol. The Hall–Kier alpha value is -0.940. The third-order valence-corrected chi connectivity index (χ3v) is 2.93. The van der Waals surface area contributed by atoms with Crippen molar-refractivity contribution in [1.29, 1.82) is 0 Å². The number of hydrogen-bond donors (Lipinski definition) is 0. The van der Waals surface area contributed by atoms with Gasteiger partial charge in [-0.25, -0.2) is 0 Å². The van der Waals surface area contributed by atoms with E-state index in [1.54, 1.807) is 0 Å². The van der Waals surface area contributed by atoms with Crippen LogP contribution in [0, 0.1) is 0 Å². The van der Waals surface area contributed by atoms with Gasteiger partial charge in [0.1, 0.15) is 0 Å². The molecule has 4 nitrogen and oxygen atoms in total. The minimum absolute atomic E-state index is 0.676. The van der Waals surface area contributed by atoms with E-state index >= 15 is 0 Å². The highest BCUT2D eigenvalue weighted by Gasteiger charge is 1.97. The van der Waals surface area contributed by atoms with Crippen molar-refractivity contribution in [2.75, 3.05) is 54.5 Å². The molecule has 0 fully saturated rings. The molecule has 0 aromatic heterocycles. The van der Waals surface area contributed by atoms with E-state index in [0.29, 0.717) is 13.2 Å². The number of nitrogens with zero attached hydrogens (tertiary/aromatic N) is 2. The van der Waals surface area contributed by atoms with E-state index in [2.05, 4.69) is 62.3 Å². The minimum atomic E-state index is 0.676. The molecule has 1 rings (SSSR count). The molecule has 0 N–H and O–H groups in total. The average Bonchev–Trinajstić information content (AvgIpc) is 2.41. The van der Waals surface area contributed by atoms with Crippen LogP contribution in [-0.2, 0) is 22.7 Å². The second-order valence-electron chi connectivity index (χ2n) is 5.53. The van der Waals surface area contributed by atoms with E-state index in [1.165, 1.54) is 11.1 Å². The van der Waals surface area contributed by atoms with Crippen molar-refractivity contribution in [2.45, 2.75) is 13.2 Å². The normalized spacial score (nSPS) is 11.5. The van der Waals surface area contributed by atoms with Gasteiger partial charge in [-0.15, -0.1) is 0 Å². The molecule has 0 saturated carbocycles. The van der Waals surface area contributed by atoms with Crippen LogP contribution in [0.5, 0.6) is 0 Å². The minimum Gasteiger partial charge on any atom is -0.375 e. The highest BCUT2D eigenvalue weighted by molar-refractivity contribution is 5.21. The molecule has 1 aromatic carbocycles. The largest absolute Gasteiger partial charge is 0.375 e. The van der Waals surface area contributed by atoms with E-state index < -0.39 is 0 Å². The molecule has 0 aliphatic carbocycles. The van der Waals surface area contributed by atoms with Gasteiger partial charge in [0.25, 0.3) is 0 Å². The van der Waals surface area contributed by atoms with Crippen molar-refractivity contribution in [3.63, 3.8) is 0 Å². The van der Waals surface area contributed by atoms with Crippen molar-refractivity contribution in [2.24, 2.45) is 0 Å². The lowest BCUT2D eigenvalue weighted by atomic mass is 10.1. The van der Waals surface area contributed by atoms with E-state index in [-0.39, 0.29) is 0 Å². The van der Waals surface area contributed by atoms with Crippen molar-refractivity contribution in [1.82, 2.24) is 9.80 Å². The Balaban J connectivity index is 2.19. The first kappa shape index (κ1) is 17.1. The number of rotatable bonds is 10. The lowest BCUT2D eigenvalue weighted by Crippen LogP contribution is -2.18. The van der Waals surface area contributed by atoms with E-state index in [0.717, 1.165) is 26.3 Å². The fourth-order valence-electron chi connectivity index (χ4n) is 1.61. The summed E-state index contributed by atoms with van der Waals surface area (Å²) in [4.78, 5) is 4.24. The average molecular weight is 280 g/mol. The monoisotopic (exact) mass is 280 g/mol. The second kappa shape index (κ2) is 9.88. The maximum absolute atomic E-state index is 5.62. The van der Waals surface area contributed by atoms with Gasteiger partial charge in [0.15, 0.2) is 0 Å². The van der Waals surface area contributed by atoms with Gasteiger partial charge in [-0.3, -0.25) is 0 Å². The summed E-state index contributed by atoms with van der Waals surface area (Å²) in [5.41, 5.74) is 2.42. The lowest BCUT2D eigenvalue weighted by Gasteiger charge is -2.11. The van der Waals surface area contributed by atoms with Crippen LogP contribution in [-0.4, -0.2) is 64.3 Å². The molecule has 0 amide bonds. The summed E-state index contributed by atoms with van der Waals surface area (Å²) < 4.78 is 11.2. The fraction of sp³-hybridized carbons (Fsp3) is 0.625. The maximum Gasteiger partial charge on any atom is 0.0717 e. The molecule has 20 heavy (non-hydrogen) atoms. The summed E-state index contributed by atoms with van der Waals surface area (Å²) in [6.07, 6.45) is 0. The van der Waals surface area contributed by atoms with Gasteiger partial charge in [-0.05, 0) is 39.3 Å². The van der Waals surface area contributed by atoms with Crippen LogP contribution in [0.2, 0.25) is 0 Å². The summed E-state index contributed by atoms with van der Waals surface area (Å²) in [6.45, 7) is 4.80. The van der Waals surface area contributed by atoms with Gasteiger partial charge in [-0.1, -0.05) is 24.3 Å². The topological polar surface area (TPSA) is 24.9 Å². The van der Waals surface area contributed by atoms with Gasteiger partial charge >= 0.3 is 0 Å². The van der Waals surface area contributed by atoms with Gasteiger partial charge < -0.3 is 19.3 Å². The van der Waals surface area contributed by atoms with E-state index in [1.807, 2.05) is 0 Å². The van der Waals surface area contributed by atoms with Crippen LogP contribution < -0.4 is 0 Å². The SMILES string of the molecule is CN(C)CCOCc1ccc(COCCN(C)C)cc1. The summed E-state index contributed by atoms with van der Waals surface area (Å²) in [7, 11) is 8.20. The van der Waals surface area contributed by atoms with Crippen molar-refractivity contribution >= 4 is 0 Å². The molecular formula is C16H28N2O2. The van der Waals surface area contributed by atoms with Crippen molar-refractivity contribution < 1.29 is 9.47 Å². The molecular weight excluding hydrogens is 252 g/mol. The van der Waals surface area contributed by atoms with Crippen molar-refractivity contribution in [3.05, 3.63) is 35.4 Å². The summed E-state index contributed by atoms with van der Waals surface area (Å²) >= 11 is 0. The Kier molecular flexibility index (Phi) is 8.46. The van der Waals surface area contributed by atoms with Crippen LogP contribution in [0.4, 0.5) is 0 Å². The molecule has 0 spiro atoms. The quantitative estimate of drug-likeness (QED) is 0.611. The molecule has 0 saturated heterocycles. The van der Waals surface area contributed by atoms with Gasteiger partial charge in [0.2, 0.25) is 0 Å². The Labute approximate surface area is 123 Å². The third-order valence-electron chi connectivity index (χ3n) is 2.93. The standard InChI is InChI=1S/C16H28N2O2/c1-17(2)9-11-19-13-15-5-7-16(8-6-15)14-20-12-10-18(3)4/h5-8H,9-14H2,1-4H3. The number of likely N-dealkylation sites (N-methyl/N-ethyl adjacent to an activating group) is 2. The van der Waals surface area contributed by atoms with Gasteiger partial charge in [0.05, 0.1) is 26.4 Å². The summed E-state index contributed by atoms with van der Waals surface area (Å²) in [6, 6.07) is 8.45. The van der Waals surface area contributed by atoms with Gasteiger partial charge in [0, 0.05) is 13.1 Å². The summed E-state index contributed by atoms with van der Waals surface area (Å²) in [5.74, 6) is 0. The van der Waals surface area contributed by atoms with Crippen LogP contribution in [0.1, 0.15) is 11.1 Å². The van der Waals surface area contributed by atoms with E-state index in [4.69, 9.17) is 9.47 Å².